The monoisotopic (exact) mass is 491 g/mol. The van der Waals surface area contributed by atoms with Crippen LogP contribution in [0.3, 0.4) is 0 Å². The Bertz CT molecular complexity index is 1240. The van der Waals surface area contributed by atoms with Crippen LogP contribution in [0.5, 0.6) is 5.75 Å². The first-order valence-corrected chi connectivity index (χ1v) is 12.9. The van der Waals surface area contributed by atoms with Crippen molar-refractivity contribution in [2.24, 2.45) is 5.92 Å². The van der Waals surface area contributed by atoms with Crippen LogP contribution in [0.15, 0.2) is 42.5 Å². The summed E-state index contributed by atoms with van der Waals surface area (Å²) in [6.07, 6.45) is 4.94. The molecule has 8 nitrogen and oxygen atoms in total. The SMILES string of the molecule is CC(OC(=O)Nc1ccc(-c2c(N)c3ccc(OCC4OCCO4)cc3n2C2CCC2)cc1)C1CC1. The van der Waals surface area contributed by atoms with E-state index in [1.807, 2.05) is 43.3 Å². The molecule has 0 spiro atoms. The smallest absolute Gasteiger partial charge is 0.411 e. The van der Waals surface area contributed by atoms with E-state index >= 15 is 0 Å². The minimum atomic E-state index is -0.411. The van der Waals surface area contributed by atoms with Gasteiger partial charge in [-0.2, -0.15) is 0 Å². The number of ether oxygens (including phenoxy) is 4. The number of rotatable bonds is 8. The van der Waals surface area contributed by atoms with Crippen molar-refractivity contribution < 1.29 is 23.7 Å². The second-order valence-electron chi connectivity index (χ2n) is 10.0. The number of nitrogens with two attached hydrogens (primary N) is 1. The predicted octanol–water partition coefficient (Wildman–Crippen LogP) is 5.71. The van der Waals surface area contributed by atoms with Crippen molar-refractivity contribution >= 4 is 28.4 Å². The standard InChI is InChI=1S/C28H33N3O5/c1-17(18-5-6-18)36-28(32)30-20-9-7-19(8-10-20)27-26(29)23-12-11-22(35-16-25-33-13-14-34-25)15-24(23)31(27)21-3-2-4-21/h7-12,15,17-18,21,25H,2-6,13-14,16,29H2,1H3,(H,30,32). The topological polar surface area (TPSA) is 97.0 Å². The summed E-state index contributed by atoms with van der Waals surface area (Å²) >= 11 is 0. The van der Waals surface area contributed by atoms with Crippen LogP contribution in [0.4, 0.5) is 16.2 Å². The molecule has 3 aromatic rings. The van der Waals surface area contributed by atoms with Crippen LogP contribution in [0.1, 0.15) is 45.1 Å². The molecule has 1 unspecified atom stereocenters. The van der Waals surface area contributed by atoms with Crippen LogP contribution in [0.25, 0.3) is 22.2 Å². The number of aromatic nitrogens is 1. The number of nitrogens with one attached hydrogen (secondary N) is 1. The summed E-state index contributed by atoms with van der Waals surface area (Å²) in [6.45, 7) is 3.52. The lowest BCUT2D eigenvalue weighted by molar-refractivity contribution is -0.0683. The molecule has 0 bridgehead atoms. The Morgan fingerprint density at radius 2 is 1.86 bits per heavy atom. The maximum Gasteiger partial charge on any atom is 0.411 e. The summed E-state index contributed by atoms with van der Waals surface area (Å²) in [5, 5.41) is 3.86. The van der Waals surface area contributed by atoms with Gasteiger partial charge in [-0.25, -0.2) is 4.79 Å². The number of fused-ring (bicyclic) bond motifs is 1. The third-order valence-electron chi connectivity index (χ3n) is 7.52. The molecule has 2 aromatic carbocycles. The van der Waals surface area contributed by atoms with E-state index in [2.05, 4.69) is 16.0 Å². The number of nitrogen functional groups attached to an aromatic ring is 1. The number of carbonyl (C=O) groups is 1. The van der Waals surface area contributed by atoms with Gasteiger partial charge in [-0.1, -0.05) is 12.1 Å². The molecule has 3 N–H and O–H groups in total. The first-order valence-electron chi connectivity index (χ1n) is 12.9. The van der Waals surface area contributed by atoms with Crippen molar-refractivity contribution in [3.8, 4) is 17.0 Å². The van der Waals surface area contributed by atoms with Crippen molar-refractivity contribution in [1.29, 1.82) is 0 Å². The maximum atomic E-state index is 12.3. The average molecular weight is 492 g/mol. The van der Waals surface area contributed by atoms with Crippen LogP contribution in [0.2, 0.25) is 0 Å². The van der Waals surface area contributed by atoms with Gasteiger partial charge in [0.1, 0.15) is 18.5 Å². The van der Waals surface area contributed by atoms with Crippen molar-refractivity contribution in [2.75, 3.05) is 30.9 Å². The lowest BCUT2D eigenvalue weighted by Gasteiger charge is -2.30. The maximum absolute atomic E-state index is 12.3. The van der Waals surface area contributed by atoms with Crippen molar-refractivity contribution in [1.82, 2.24) is 4.57 Å². The zero-order valence-electron chi connectivity index (χ0n) is 20.6. The largest absolute Gasteiger partial charge is 0.488 e. The van der Waals surface area contributed by atoms with Gasteiger partial charge >= 0.3 is 6.09 Å². The van der Waals surface area contributed by atoms with Gasteiger partial charge in [0.2, 0.25) is 0 Å². The number of benzene rings is 2. The summed E-state index contributed by atoms with van der Waals surface area (Å²) in [6, 6.07) is 14.3. The average Bonchev–Trinajstić information content (AvgIpc) is 3.50. The zero-order valence-corrected chi connectivity index (χ0v) is 20.6. The molecule has 2 saturated carbocycles. The fourth-order valence-corrected chi connectivity index (χ4v) is 5.08. The van der Waals surface area contributed by atoms with Gasteiger partial charge in [0.15, 0.2) is 6.29 Å². The Morgan fingerprint density at radius 3 is 2.53 bits per heavy atom. The van der Waals surface area contributed by atoms with Crippen LogP contribution < -0.4 is 15.8 Å². The minimum absolute atomic E-state index is 0.0469. The zero-order chi connectivity index (χ0) is 24.6. The molecule has 0 radical (unpaired) electrons. The Labute approximate surface area is 210 Å². The van der Waals surface area contributed by atoms with E-state index in [0.717, 1.165) is 59.3 Å². The van der Waals surface area contributed by atoms with E-state index in [-0.39, 0.29) is 12.4 Å². The molecule has 1 saturated heterocycles. The van der Waals surface area contributed by atoms with Gasteiger partial charge in [0.05, 0.1) is 30.1 Å². The molecule has 6 rings (SSSR count). The quantitative estimate of drug-likeness (QED) is 0.419. The highest BCUT2D eigenvalue weighted by Gasteiger charge is 2.31. The lowest BCUT2D eigenvalue weighted by atomic mass is 9.92. The molecule has 36 heavy (non-hydrogen) atoms. The summed E-state index contributed by atoms with van der Waals surface area (Å²) in [5.41, 5.74) is 11.3. The Morgan fingerprint density at radius 1 is 1.11 bits per heavy atom. The van der Waals surface area contributed by atoms with Crippen LogP contribution in [-0.4, -0.2) is 42.9 Å². The Kier molecular flexibility index (Phi) is 6.23. The van der Waals surface area contributed by atoms with E-state index < -0.39 is 6.09 Å². The fourth-order valence-electron chi connectivity index (χ4n) is 5.08. The molecular formula is C28H33N3O5. The molecule has 1 amide bonds. The molecule has 2 aliphatic carbocycles. The highest BCUT2D eigenvalue weighted by atomic mass is 16.7. The third kappa shape index (κ3) is 4.63. The van der Waals surface area contributed by atoms with E-state index in [9.17, 15) is 4.79 Å². The van der Waals surface area contributed by atoms with Crippen molar-refractivity contribution in [3.63, 3.8) is 0 Å². The van der Waals surface area contributed by atoms with Gasteiger partial charge in [-0.3, -0.25) is 5.32 Å². The fraction of sp³-hybridized carbons (Fsp3) is 0.464. The van der Waals surface area contributed by atoms with Crippen molar-refractivity contribution in [3.05, 3.63) is 42.5 Å². The number of hydrogen-bond acceptors (Lipinski definition) is 6. The minimum Gasteiger partial charge on any atom is -0.488 e. The molecule has 1 aliphatic heterocycles. The van der Waals surface area contributed by atoms with Crippen LogP contribution >= 0.6 is 0 Å². The molecule has 3 fully saturated rings. The van der Waals surface area contributed by atoms with E-state index in [1.165, 1.54) is 6.42 Å². The van der Waals surface area contributed by atoms with Gasteiger partial charge in [-0.05, 0) is 69.2 Å². The summed E-state index contributed by atoms with van der Waals surface area (Å²) < 4.78 is 24.8. The first-order chi connectivity index (χ1) is 17.6. The first kappa shape index (κ1) is 23.2. The second kappa shape index (κ2) is 9.67. The number of hydrogen-bond donors (Lipinski definition) is 2. The second-order valence-corrected chi connectivity index (χ2v) is 10.0. The summed E-state index contributed by atoms with van der Waals surface area (Å²) in [7, 11) is 0. The molecular weight excluding hydrogens is 458 g/mol. The highest BCUT2D eigenvalue weighted by Crippen LogP contribution is 2.45. The summed E-state index contributed by atoms with van der Waals surface area (Å²) in [4.78, 5) is 12.3. The number of anilines is 2. The van der Waals surface area contributed by atoms with E-state index in [4.69, 9.17) is 24.7 Å². The Hall–Kier alpha value is -3.23. The van der Waals surface area contributed by atoms with Gasteiger partial charge in [-0.15, -0.1) is 0 Å². The number of amides is 1. The molecule has 190 valence electrons. The van der Waals surface area contributed by atoms with Gasteiger partial charge in [0.25, 0.3) is 0 Å². The molecule has 1 aromatic heterocycles. The highest BCUT2D eigenvalue weighted by molar-refractivity contribution is 6.01. The molecule has 8 heteroatoms. The van der Waals surface area contributed by atoms with Gasteiger partial charge in [0, 0.05) is 28.7 Å². The van der Waals surface area contributed by atoms with Crippen molar-refractivity contribution in [2.45, 2.75) is 57.5 Å². The number of nitrogens with zero attached hydrogens (tertiary/aromatic N) is 1. The molecule has 1 atom stereocenters. The van der Waals surface area contributed by atoms with E-state index in [1.54, 1.807) is 0 Å². The predicted molar refractivity (Wildman–Crippen MR) is 138 cm³/mol. The van der Waals surface area contributed by atoms with Crippen LogP contribution in [-0.2, 0) is 14.2 Å². The van der Waals surface area contributed by atoms with E-state index in [0.29, 0.717) is 37.5 Å². The third-order valence-corrected chi connectivity index (χ3v) is 7.52. The van der Waals surface area contributed by atoms with Gasteiger partial charge < -0.3 is 29.2 Å². The number of carbonyl (C=O) groups excluding carboxylic acids is 1. The van der Waals surface area contributed by atoms with Crippen LogP contribution in [0, 0.1) is 5.92 Å². The lowest BCUT2D eigenvalue weighted by Crippen LogP contribution is -2.21. The normalized spacial score (nSPS) is 19.2. The molecule has 2 heterocycles. The Balaban J connectivity index is 1.25. The molecule has 3 aliphatic rings. The summed E-state index contributed by atoms with van der Waals surface area (Å²) in [5.74, 6) is 1.27.